The van der Waals surface area contributed by atoms with E-state index in [4.69, 9.17) is 4.74 Å². The van der Waals surface area contributed by atoms with Crippen molar-refractivity contribution in [1.82, 2.24) is 0 Å². The maximum absolute atomic E-state index is 12.6. The minimum Gasteiger partial charge on any atom is -0.483 e. The monoisotopic (exact) mass is 461 g/mol. The number of nitro benzene ring substituents is 1. The Hall–Kier alpha value is -3.78. The van der Waals surface area contributed by atoms with Crippen molar-refractivity contribution in [2.24, 2.45) is 0 Å². The summed E-state index contributed by atoms with van der Waals surface area (Å²) in [7, 11) is 0. The summed E-state index contributed by atoms with van der Waals surface area (Å²) in [6.45, 7) is 2.06. The van der Waals surface area contributed by atoms with Crippen LogP contribution in [0.25, 0.3) is 6.08 Å². The average Bonchev–Trinajstić information content (AvgIpc) is 2.83. The van der Waals surface area contributed by atoms with Gasteiger partial charge >= 0.3 is 6.03 Å². The van der Waals surface area contributed by atoms with Crippen molar-refractivity contribution >= 4 is 42.0 Å². The summed E-state index contributed by atoms with van der Waals surface area (Å²) in [4.78, 5) is 22.9. The van der Waals surface area contributed by atoms with E-state index in [1.54, 1.807) is 6.07 Å². The van der Waals surface area contributed by atoms with Crippen molar-refractivity contribution < 1.29 is 14.5 Å². The largest absolute Gasteiger partial charge is 0.483 e. The first-order valence-electron chi connectivity index (χ1n) is 10.4. The number of carbonyl (C=O) groups is 1. The summed E-state index contributed by atoms with van der Waals surface area (Å²) >= 11 is 4.32. The predicted molar refractivity (Wildman–Crippen MR) is 133 cm³/mol. The highest BCUT2D eigenvalue weighted by Crippen LogP contribution is 2.36. The molecule has 3 aromatic carbocycles. The van der Waals surface area contributed by atoms with E-state index in [9.17, 15) is 14.9 Å². The molecule has 1 aliphatic rings. The Bertz CT molecular complexity index is 1200. The summed E-state index contributed by atoms with van der Waals surface area (Å²) < 4.78 is 7.46. The fourth-order valence-corrected chi connectivity index (χ4v) is 3.75. The Morgan fingerprint density at radius 1 is 1.12 bits per heavy atom. The van der Waals surface area contributed by atoms with E-state index in [1.807, 2.05) is 42.5 Å². The molecule has 1 N–H and O–H groups in total. The van der Waals surface area contributed by atoms with Gasteiger partial charge in [0, 0.05) is 23.4 Å². The number of nitrogens with zero attached hydrogens (tertiary/aromatic N) is 2. The third-order valence-corrected chi connectivity index (χ3v) is 5.88. The smallest absolute Gasteiger partial charge is 0.336 e. The molecule has 0 fully saturated rings. The highest BCUT2D eigenvalue weighted by atomic mass is 32.1. The zero-order chi connectivity index (χ0) is 23.4. The van der Waals surface area contributed by atoms with Gasteiger partial charge in [-0.25, -0.2) is 9.10 Å². The number of ether oxygens (including phenoxy) is 1. The van der Waals surface area contributed by atoms with Gasteiger partial charge in [0.15, 0.2) is 0 Å². The molecule has 2 amide bonds. The second-order valence-corrected chi connectivity index (χ2v) is 8.40. The van der Waals surface area contributed by atoms with Crippen LogP contribution in [0.1, 0.15) is 24.5 Å². The molecule has 1 aliphatic heterocycles. The number of amides is 2. The van der Waals surface area contributed by atoms with E-state index in [-0.39, 0.29) is 5.69 Å². The third-order valence-electron chi connectivity index (χ3n) is 5.47. The van der Waals surface area contributed by atoms with Crippen LogP contribution in [0.2, 0.25) is 0 Å². The lowest BCUT2D eigenvalue weighted by molar-refractivity contribution is -0.384. The summed E-state index contributed by atoms with van der Waals surface area (Å²) in [6, 6.07) is 20.8. The minimum absolute atomic E-state index is 0.0482. The molecule has 0 spiro atoms. The fraction of sp³-hybridized carbons (Fsp3) is 0.160. The molecule has 7 nitrogen and oxygen atoms in total. The molecule has 0 aliphatic carbocycles. The van der Waals surface area contributed by atoms with Crippen molar-refractivity contribution in [1.29, 1.82) is 0 Å². The lowest BCUT2D eigenvalue weighted by Crippen LogP contribution is -2.32. The first kappa shape index (κ1) is 22.4. The van der Waals surface area contributed by atoms with Crippen LogP contribution in [0, 0.1) is 10.1 Å². The van der Waals surface area contributed by atoms with Crippen LogP contribution in [0.5, 0.6) is 5.75 Å². The number of urea groups is 1. The Morgan fingerprint density at radius 2 is 1.85 bits per heavy atom. The van der Waals surface area contributed by atoms with Crippen molar-refractivity contribution in [3.63, 3.8) is 0 Å². The number of benzene rings is 3. The topological polar surface area (TPSA) is 84.7 Å². The summed E-state index contributed by atoms with van der Waals surface area (Å²) in [5, 5.41) is 13.4. The first-order valence-corrected chi connectivity index (χ1v) is 10.8. The Morgan fingerprint density at radius 3 is 2.55 bits per heavy atom. The zero-order valence-corrected chi connectivity index (χ0v) is 18.9. The standard InChI is InChI=1S/C25H23N3O4S/c1-25(15-13-18-5-3-2-4-6-18)16-14-19-17-22(11-12-23(19)32-25)27(33)24(29)26-20-7-9-21(10-8-20)28(30)31/h2-12,14,16-17,33H,13,15H2,1H3,(H,26,29). The van der Waals surface area contributed by atoms with Gasteiger partial charge in [-0.2, -0.15) is 0 Å². The van der Waals surface area contributed by atoms with Gasteiger partial charge in [0.25, 0.3) is 5.69 Å². The molecular formula is C25H23N3O4S. The van der Waals surface area contributed by atoms with Gasteiger partial charge in [-0.05, 0) is 61.7 Å². The number of thiol groups is 1. The van der Waals surface area contributed by atoms with Crippen molar-refractivity contribution in [3.8, 4) is 5.75 Å². The second kappa shape index (κ2) is 9.38. The maximum Gasteiger partial charge on any atom is 0.336 e. The molecule has 4 rings (SSSR count). The quantitative estimate of drug-likeness (QED) is 0.257. The molecule has 1 atom stereocenters. The lowest BCUT2D eigenvalue weighted by Gasteiger charge is -2.32. The summed E-state index contributed by atoms with van der Waals surface area (Å²) in [5.41, 5.74) is 2.65. The van der Waals surface area contributed by atoms with Gasteiger partial charge in [0.05, 0.1) is 10.6 Å². The van der Waals surface area contributed by atoms with E-state index in [2.05, 4.69) is 37.2 Å². The molecule has 1 unspecified atom stereocenters. The number of anilines is 2. The van der Waals surface area contributed by atoms with E-state index >= 15 is 0 Å². The van der Waals surface area contributed by atoms with Gasteiger partial charge in [-0.1, -0.05) is 49.2 Å². The van der Waals surface area contributed by atoms with E-state index < -0.39 is 16.6 Å². The molecule has 33 heavy (non-hydrogen) atoms. The Labute approximate surface area is 197 Å². The average molecular weight is 462 g/mol. The molecule has 1 heterocycles. The lowest BCUT2D eigenvalue weighted by atomic mass is 9.93. The van der Waals surface area contributed by atoms with Crippen LogP contribution < -0.4 is 14.4 Å². The SMILES string of the molecule is CC1(CCc2ccccc2)C=Cc2cc(N(S)C(=O)Nc3ccc([N+](=O)[O-])cc3)ccc2O1. The molecule has 3 aromatic rings. The molecule has 0 bridgehead atoms. The normalized spacial score (nSPS) is 16.4. The van der Waals surface area contributed by atoms with Crippen LogP contribution in [-0.2, 0) is 6.42 Å². The minimum atomic E-state index is -0.494. The van der Waals surface area contributed by atoms with Crippen molar-refractivity contribution in [2.75, 3.05) is 9.62 Å². The van der Waals surface area contributed by atoms with Gasteiger partial charge < -0.3 is 10.1 Å². The molecule has 0 radical (unpaired) electrons. The van der Waals surface area contributed by atoms with Gasteiger partial charge in [0.1, 0.15) is 11.4 Å². The van der Waals surface area contributed by atoms with E-state index in [0.717, 1.165) is 24.2 Å². The fourth-order valence-electron chi connectivity index (χ4n) is 3.57. The van der Waals surface area contributed by atoms with E-state index in [1.165, 1.54) is 34.1 Å². The number of rotatable bonds is 6. The number of hydrogen-bond donors (Lipinski definition) is 2. The van der Waals surface area contributed by atoms with Crippen LogP contribution in [0.3, 0.4) is 0 Å². The summed E-state index contributed by atoms with van der Waals surface area (Å²) in [6.07, 6.45) is 5.79. The third kappa shape index (κ3) is 5.35. The Balaban J connectivity index is 1.41. The second-order valence-electron chi connectivity index (χ2n) is 8.00. The molecule has 0 saturated carbocycles. The van der Waals surface area contributed by atoms with Gasteiger partial charge in [-0.15, -0.1) is 0 Å². The van der Waals surface area contributed by atoms with Crippen LogP contribution >= 0.6 is 12.8 Å². The first-order chi connectivity index (χ1) is 15.8. The number of nitrogens with one attached hydrogen (secondary N) is 1. The van der Waals surface area contributed by atoms with Crippen LogP contribution in [0.4, 0.5) is 21.9 Å². The van der Waals surface area contributed by atoms with Crippen molar-refractivity contribution in [3.05, 3.63) is 100 Å². The van der Waals surface area contributed by atoms with E-state index in [0.29, 0.717) is 11.4 Å². The van der Waals surface area contributed by atoms with Gasteiger partial charge in [0.2, 0.25) is 0 Å². The maximum atomic E-state index is 12.6. The highest BCUT2D eigenvalue weighted by molar-refractivity contribution is 7.82. The molecule has 0 aromatic heterocycles. The van der Waals surface area contributed by atoms with Crippen molar-refractivity contribution in [2.45, 2.75) is 25.4 Å². The molecule has 0 saturated heterocycles. The molecular weight excluding hydrogens is 438 g/mol. The van der Waals surface area contributed by atoms with Gasteiger partial charge in [-0.3, -0.25) is 10.1 Å². The molecule has 8 heteroatoms. The van der Waals surface area contributed by atoms with Crippen LogP contribution in [-0.4, -0.2) is 16.6 Å². The number of non-ortho nitro benzene ring substituents is 1. The zero-order valence-electron chi connectivity index (χ0n) is 18.0. The highest BCUT2D eigenvalue weighted by Gasteiger charge is 2.27. The predicted octanol–water partition coefficient (Wildman–Crippen LogP) is 6.28. The number of hydrogen-bond acceptors (Lipinski definition) is 5. The number of nitro groups is 1. The summed E-state index contributed by atoms with van der Waals surface area (Å²) in [5.74, 6) is 0.745. The number of fused-ring (bicyclic) bond motifs is 1. The Kier molecular flexibility index (Phi) is 6.37. The number of aryl methyl sites for hydroxylation is 1. The molecule has 168 valence electrons. The van der Waals surface area contributed by atoms with Crippen LogP contribution in [0.15, 0.2) is 78.9 Å². The number of carbonyl (C=O) groups excluding carboxylic acids is 1.